The highest BCUT2D eigenvalue weighted by Gasteiger charge is 2.49. The Bertz CT molecular complexity index is 1600. The van der Waals surface area contributed by atoms with Gasteiger partial charge < -0.3 is 0 Å². The SMILES string of the molecule is O=C1n2c3c(c4cc(-c5ccccc5)ccc4c2=O)C=CC2Sc4ccccc4[N+]1=C32. The van der Waals surface area contributed by atoms with Crippen LogP contribution >= 0.6 is 11.8 Å². The topological polar surface area (TPSA) is 42.1 Å². The molecule has 0 bridgehead atoms. The Morgan fingerprint density at radius 3 is 2.52 bits per heavy atom. The molecule has 1 unspecified atom stereocenters. The number of hydrogen-bond donors (Lipinski definition) is 0. The number of fused-ring (bicyclic) bond motifs is 4. The minimum atomic E-state index is -0.285. The second-order valence-electron chi connectivity index (χ2n) is 7.90. The van der Waals surface area contributed by atoms with Crippen molar-refractivity contribution < 1.29 is 9.37 Å². The number of rotatable bonds is 1. The van der Waals surface area contributed by atoms with E-state index in [9.17, 15) is 9.59 Å². The predicted molar refractivity (Wildman–Crippen MR) is 124 cm³/mol. The van der Waals surface area contributed by atoms with Gasteiger partial charge in [-0.2, -0.15) is 9.37 Å². The van der Waals surface area contributed by atoms with Crippen LogP contribution < -0.4 is 5.56 Å². The van der Waals surface area contributed by atoms with Gasteiger partial charge in [0.05, 0.1) is 15.5 Å². The zero-order chi connectivity index (χ0) is 20.7. The van der Waals surface area contributed by atoms with E-state index < -0.39 is 0 Å². The van der Waals surface area contributed by atoms with Gasteiger partial charge in [-0.1, -0.05) is 60.7 Å². The van der Waals surface area contributed by atoms with Crippen LogP contribution in [-0.4, -0.2) is 26.1 Å². The number of benzene rings is 3. The Morgan fingerprint density at radius 2 is 1.65 bits per heavy atom. The van der Waals surface area contributed by atoms with Crippen LogP contribution in [0.25, 0.3) is 28.0 Å². The summed E-state index contributed by atoms with van der Waals surface area (Å²) >= 11 is 1.72. The maximum Gasteiger partial charge on any atom is 0.512 e. The summed E-state index contributed by atoms with van der Waals surface area (Å²) in [5, 5.41) is 1.46. The normalized spacial score (nSPS) is 17.8. The van der Waals surface area contributed by atoms with Crippen molar-refractivity contribution in [2.24, 2.45) is 0 Å². The van der Waals surface area contributed by atoms with Gasteiger partial charge in [0.25, 0.3) is 0 Å². The molecule has 4 aromatic rings. The van der Waals surface area contributed by atoms with Gasteiger partial charge in [-0.3, -0.25) is 0 Å². The third kappa shape index (κ3) is 2.13. The zero-order valence-corrected chi connectivity index (χ0v) is 17.1. The number of aromatic nitrogens is 1. The van der Waals surface area contributed by atoms with E-state index in [1.807, 2.05) is 54.6 Å². The molecule has 4 nitrogen and oxygen atoms in total. The van der Waals surface area contributed by atoms with E-state index in [2.05, 4.69) is 30.4 Å². The van der Waals surface area contributed by atoms with Gasteiger partial charge in [-0.25, -0.2) is 4.79 Å². The van der Waals surface area contributed by atoms with E-state index in [0.717, 1.165) is 44.1 Å². The molecule has 0 saturated heterocycles. The lowest BCUT2D eigenvalue weighted by Gasteiger charge is -2.22. The molecule has 3 aliphatic rings. The summed E-state index contributed by atoms with van der Waals surface area (Å²) < 4.78 is 3.10. The highest BCUT2D eigenvalue weighted by atomic mass is 32.2. The molecule has 146 valence electrons. The molecule has 31 heavy (non-hydrogen) atoms. The summed E-state index contributed by atoms with van der Waals surface area (Å²) in [5.41, 5.74) is 5.33. The smallest absolute Gasteiger partial charge is 0.240 e. The summed E-state index contributed by atoms with van der Waals surface area (Å²) in [7, 11) is 0. The molecule has 0 spiro atoms. The van der Waals surface area contributed by atoms with Gasteiger partial charge in [0.2, 0.25) is 0 Å². The first-order valence-corrected chi connectivity index (χ1v) is 11.0. The third-order valence-electron chi connectivity index (χ3n) is 6.26. The quantitative estimate of drug-likeness (QED) is 0.394. The van der Waals surface area contributed by atoms with Crippen LogP contribution in [-0.2, 0) is 0 Å². The van der Waals surface area contributed by atoms with E-state index in [-0.39, 0.29) is 16.8 Å². The minimum Gasteiger partial charge on any atom is -0.240 e. The molecular weight excluding hydrogens is 404 g/mol. The molecule has 3 heterocycles. The van der Waals surface area contributed by atoms with Crippen LogP contribution in [0.4, 0.5) is 10.5 Å². The fourth-order valence-corrected chi connectivity index (χ4v) is 6.09. The van der Waals surface area contributed by atoms with Gasteiger partial charge in [0.15, 0.2) is 11.4 Å². The van der Waals surface area contributed by atoms with E-state index in [1.165, 1.54) is 4.57 Å². The first-order chi connectivity index (χ1) is 15.2. The molecule has 3 aromatic carbocycles. The Hall–Kier alpha value is -3.70. The summed E-state index contributed by atoms with van der Waals surface area (Å²) in [6, 6.07) is 23.6. The monoisotopic (exact) mass is 419 g/mol. The Kier molecular flexibility index (Phi) is 3.26. The number of thioether (sulfide) groups is 1. The lowest BCUT2D eigenvalue weighted by Crippen LogP contribution is -2.29. The molecule has 1 atom stereocenters. The van der Waals surface area contributed by atoms with Crippen molar-refractivity contribution in [3.05, 3.63) is 100 Å². The van der Waals surface area contributed by atoms with Crippen LogP contribution in [0.15, 0.2) is 88.6 Å². The van der Waals surface area contributed by atoms with Gasteiger partial charge in [-0.15, -0.1) is 16.3 Å². The van der Waals surface area contributed by atoms with Gasteiger partial charge in [0, 0.05) is 10.9 Å². The molecule has 1 amide bonds. The van der Waals surface area contributed by atoms with E-state index in [0.29, 0.717) is 5.39 Å². The standard InChI is InChI=1S/C26H15N2O2S/c29-25-18-11-10-16(15-6-2-1-3-7-15)14-19(18)17-12-13-22-24-23(17)28(25)26(30)27(24)20-8-4-5-9-21(20)31-22/h1-14,22H/q+1. The number of hydrogen-bond acceptors (Lipinski definition) is 3. The van der Waals surface area contributed by atoms with Crippen molar-refractivity contribution in [3.8, 4) is 11.1 Å². The summed E-state index contributed by atoms with van der Waals surface area (Å²) in [4.78, 5) is 28.0. The molecule has 7 rings (SSSR count). The predicted octanol–water partition coefficient (Wildman–Crippen LogP) is 5.28. The Morgan fingerprint density at radius 1 is 0.839 bits per heavy atom. The second kappa shape index (κ2) is 5.93. The lowest BCUT2D eigenvalue weighted by atomic mass is 9.93. The van der Waals surface area contributed by atoms with E-state index in [1.54, 1.807) is 16.3 Å². The molecule has 2 aliphatic heterocycles. The zero-order valence-electron chi connectivity index (χ0n) is 16.3. The van der Waals surface area contributed by atoms with E-state index in [4.69, 9.17) is 0 Å². The van der Waals surface area contributed by atoms with Crippen molar-refractivity contribution in [1.29, 1.82) is 0 Å². The summed E-state index contributed by atoms with van der Waals surface area (Å²) in [6.07, 6.45) is 4.22. The number of nitrogens with zero attached hydrogens (tertiary/aromatic N) is 2. The highest BCUT2D eigenvalue weighted by Crippen LogP contribution is 2.45. The molecule has 0 saturated carbocycles. The fraction of sp³-hybridized carbons (Fsp3) is 0.0385. The van der Waals surface area contributed by atoms with E-state index >= 15 is 0 Å². The van der Waals surface area contributed by atoms with Crippen molar-refractivity contribution in [3.63, 3.8) is 0 Å². The number of carbonyl (C=O) groups excluding carboxylic acids is 1. The van der Waals surface area contributed by atoms with Crippen molar-refractivity contribution in [2.45, 2.75) is 10.1 Å². The van der Waals surface area contributed by atoms with Crippen molar-refractivity contribution in [1.82, 2.24) is 4.57 Å². The molecule has 0 radical (unpaired) electrons. The highest BCUT2D eigenvalue weighted by molar-refractivity contribution is 8.01. The van der Waals surface area contributed by atoms with Gasteiger partial charge in [-0.05, 0) is 35.4 Å². The summed E-state index contributed by atoms with van der Waals surface area (Å²) in [6.45, 7) is 0. The molecule has 1 aliphatic carbocycles. The van der Waals surface area contributed by atoms with Crippen LogP contribution in [0.3, 0.4) is 0 Å². The first kappa shape index (κ1) is 17.0. The maximum atomic E-state index is 13.5. The molecular formula is C26H15N2O2S+. The van der Waals surface area contributed by atoms with Crippen molar-refractivity contribution >= 4 is 46.0 Å². The number of para-hydroxylation sites is 1. The van der Waals surface area contributed by atoms with Crippen LogP contribution in [0, 0.1) is 0 Å². The average Bonchev–Trinajstić information content (AvgIpc) is 3.13. The maximum absolute atomic E-state index is 13.5. The number of amides is 1. The molecule has 0 fully saturated rings. The first-order valence-electron chi connectivity index (χ1n) is 10.2. The van der Waals surface area contributed by atoms with Crippen LogP contribution in [0.1, 0.15) is 11.3 Å². The Balaban J connectivity index is 1.58. The average molecular weight is 419 g/mol. The molecule has 1 aromatic heterocycles. The number of pyridine rings is 1. The van der Waals surface area contributed by atoms with Gasteiger partial charge in [0.1, 0.15) is 5.69 Å². The third-order valence-corrected chi connectivity index (χ3v) is 7.50. The fourth-order valence-electron chi connectivity index (χ4n) is 4.89. The Labute approximate surface area is 181 Å². The van der Waals surface area contributed by atoms with Gasteiger partial charge >= 0.3 is 11.6 Å². The molecule has 5 heteroatoms. The molecule has 0 N–H and O–H groups in total. The largest absolute Gasteiger partial charge is 0.512 e. The second-order valence-corrected chi connectivity index (χ2v) is 9.08. The minimum absolute atomic E-state index is 0.00857. The lowest BCUT2D eigenvalue weighted by molar-refractivity contribution is -0.332. The van der Waals surface area contributed by atoms with Crippen LogP contribution in [0.5, 0.6) is 0 Å². The van der Waals surface area contributed by atoms with Crippen LogP contribution in [0.2, 0.25) is 0 Å². The number of carbonyl (C=O) groups is 1. The summed E-state index contributed by atoms with van der Waals surface area (Å²) in [5.74, 6) is 0. The van der Waals surface area contributed by atoms with Crippen molar-refractivity contribution in [2.75, 3.05) is 0 Å².